The molecule has 0 aliphatic heterocycles. The molecule has 1 rings (SSSR count). The summed E-state index contributed by atoms with van der Waals surface area (Å²) in [5, 5.41) is 1.19. The highest BCUT2D eigenvalue weighted by atomic mass is 79.9. The van der Waals surface area contributed by atoms with E-state index in [1.807, 2.05) is 0 Å². The molecule has 1 aliphatic rings. The van der Waals surface area contributed by atoms with Gasteiger partial charge in [0, 0.05) is 18.4 Å². The Hall–Kier alpha value is 0.440. The highest BCUT2D eigenvalue weighted by molar-refractivity contribution is 9.09. The molecule has 2 heteroatoms. The van der Waals surface area contributed by atoms with Crippen molar-refractivity contribution in [1.82, 2.24) is 4.90 Å². The summed E-state index contributed by atoms with van der Waals surface area (Å²) in [4.78, 5) is 2.68. The van der Waals surface area contributed by atoms with Crippen molar-refractivity contribution in [1.29, 1.82) is 0 Å². The van der Waals surface area contributed by atoms with Crippen LogP contribution < -0.4 is 0 Å². The van der Waals surface area contributed by atoms with E-state index in [0.717, 1.165) is 5.92 Å². The first-order valence-corrected chi connectivity index (χ1v) is 8.56. The molecule has 1 unspecified atom stereocenters. The zero-order chi connectivity index (χ0) is 12.7. The maximum atomic E-state index is 3.78. The van der Waals surface area contributed by atoms with Crippen LogP contribution in [0.1, 0.15) is 59.3 Å². The molecule has 0 saturated heterocycles. The number of rotatable bonds is 7. The number of nitrogens with zero attached hydrogens (tertiary/aromatic N) is 1. The first-order chi connectivity index (χ1) is 8.15. The summed E-state index contributed by atoms with van der Waals surface area (Å²) < 4.78 is 0. The molecule has 1 nitrogen and oxygen atoms in total. The van der Waals surface area contributed by atoms with Crippen LogP contribution in [0.5, 0.6) is 0 Å². The van der Waals surface area contributed by atoms with E-state index in [9.17, 15) is 0 Å². The topological polar surface area (TPSA) is 3.24 Å². The monoisotopic (exact) mass is 303 g/mol. The summed E-state index contributed by atoms with van der Waals surface area (Å²) in [5.74, 6) is 0.839. The maximum Gasteiger partial charge on any atom is 0.0100 e. The quantitative estimate of drug-likeness (QED) is 0.616. The maximum absolute atomic E-state index is 3.78. The van der Waals surface area contributed by atoms with Crippen LogP contribution in [0.2, 0.25) is 0 Å². The van der Waals surface area contributed by atoms with Crippen LogP contribution in [0.3, 0.4) is 0 Å². The summed E-state index contributed by atoms with van der Waals surface area (Å²) in [5.41, 5.74) is 0.571. The molecule has 1 fully saturated rings. The Kier molecular flexibility index (Phi) is 7.10. The van der Waals surface area contributed by atoms with Crippen molar-refractivity contribution < 1.29 is 0 Å². The van der Waals surface area contributed by atoms with E-state index < -0.39 is 0 Å². The number of halogens is 1. The van der Waals surface area contributed by atoms with Crippen LogP contribution in [0.15, 0.2) is 0 Å². The molecule has 1 aliphatic carbocycles. The van der Waals surface area contributed by atoms with Crippen LogP contribution in [-0.2, 0) is 0 Å². The fourth-order valence-electron chi connectivity index (χ4n) is 2.99. The third-order valence-corrected chi connectivity index (χ3v) is 5.66. The first kappa shape index (κ1) is 15.5. The summed E-state index contributed by atoms with van der Waals surface area (Å²) >= 11 is 3.78. The van der Waals surface area contributed by atoms with Crippen molar-refractivity contribution in [2.75, 3.05) is 25.0 Å². The van der Waals surface area contributed by atoms with Gasteiger partial charge < -0.3 is 4.90 Å². The van der Waals surface area contributed by atoms with Crippen molar-refractivity contribution in [3.8, 4) is 0 Å². The van der Waals surface area contributed by atoms with Gasteiger partial charge in [-0.15, -0.1) is 0 Å². The van der Waals surface area contributed by atoms with Gasteiger partial charge in [-0.3, -0.25) is 0 Å². The van der Waals surface area contributed by atoms with Gasteiger partial charge in [0.2, 0.25) is 0 Å². The molecule has 0 aromatic heterocycles. The SMILES string of the molecule is CCC(C)CN(CC)CC1(CBr)CCCCC1. The molecule has 1 atom stereocenters. The van der Waals surface area contributed by atoms with Crippen molar-refractivity contribution in [2.24, 2.45) is 11.3 Å². The Morgan fingerprint density at radius 2 is 1.82 bits per heavy atom. The first-order valence-electron chi connectivity index (χ1n) is 7.44. The minimum Gasteiger partial charge on any atom is -0.303 e. The van der Waals surface area contributed by atoms with E-state index in [0.29, 0.717) is 5.41 Å². The summed E-state index contributed by atoms with van der Waals surface area (Å²) in [6.07, 6.45) is 8.48. The molecule has 0 aromatic carbocycles. The molecular formula is C15H30BrN. The van der Waals surface area contributed by atoms with Gasteiger partial charge in [0.15, 0.2) is 0 Å². The van der Waals surface area contributed by atoms with E-state index in [-0.39, 0.29) is 0 Å². The molecule has 0 bridgehead atoms. The van der Waals surface area contributed by atoms with Crippen LogP contribution in [-0.4, -0.2) is 29.9 Å². The van der Waals surface area contributed by atoms with Gasteiger partial charge in [-0.05, 0) is 30.7 Å². The Morgan fingerprint density at radius 3 is 2.29 bits per heavy atom. The van der Waals surface area contributed by atoms with Gasteiger partial charge in [0.25, 0.3) is 0 Å². The standard InChI is InChI=1S/C15H30BrN/c1-4-14(3)11-17(5-2)13-15(12-16)9-7-6-8-10-15/h14H,4-13H2,1-3H3. The van der Waals surface area contributed by atoms with Crippen LogP contribution in [0.4, 0.5) is 0 Å². The van der Waals surface area contributed by atoms with E-state index >= 15 is 0 Å². The molecule has 0 heterocycles. The zero-order valence-corrected chi connectivity index (χ0v) is 13.6. The van der Waals surface area contributed by atoms with E-state index in [1.54, 1.807) is 0 Å². The van der Waals surface area contributed by atoms with Gasteiger partial charge in [0.05, 0.1) is 0 Å². The number of hydrogen-bond donors (Lipinski definition) is 0. The third kappa shape index (κ3) is 4.90. The van der Waals surface area contributed by atoms with Gasteiger partial charge in [-0.25, -0.2) is 0 Å². The molecular weight excluding hydrogens is 274 g/mol. The highest BCUT2D eigenvalue weighted by Crippen LogP contribution is 2.38. The molecule has 0 spiro atoms. The second kappa shape index (κ2) is 7.78. The minimum absolute atomic E-state index is 0.571. The van der Waals surface area contributed by atoms with Crippen LogP contribution >= 0.6 is 15.9 Å². The van der Waals surface area contributed by atoms with Crippen molar-refractivity contribution in [3.05, 3.63) is 0 Å². The second-order valence-electron chi connectivity index (χ2n) is 6.04. The molecule has 0 N–H and O–H groups in total. The Bertz CT molecular complexity index is 199. The lowest BCUT2D eigenvalue weighted by Gasteiger charge is -2.40. The molecule has 17 heavy (non-hydrogen) atoms. The zero-order valence-electron chi connectivity index (χ0n) is 12.0. The molecule has 0 radical (unpaired) electrons. The smallest absolute Gasteiger partial charge is 0.0100 e. The lowest BCUT2D eigenvalue weighted by molar-refractivity contribution is 0.119. The lowest BCUT2D eigenvalue weighted by Crippen LogP contribution is -2.42. The normalized spacial score (nSPS) is 21.7. The van der Waals surface area contributed by atoms with Gasteiger partial charge >= 0.3 is 0 Å². The third-order valence-electron chi connectivity index (χ3n) is 4.47. The molecule has 0 amide bonds. The molecule has 0 aromatic rings. The van der Waals surface area contributed by atoms with E-state index in [1.165, 1.54) is 63.5 Å². The van der Waals surface area contributed by atoms with Crippen molar-refractivity contribution >= 4 is 15.9 Å². The predicted molar refractivity (Wildman–Crippen MR) is 80.9 cm³/mol. The average Bonchev–Trinajstić information content (AvgIpc) is 2.38. The second-order valence-corrected chi connectivity index (χ2v) is 6.60. The number of hydrogen-bond acceptors (Lipinski definition) is 1. The number of alkyl halides is 1. The van der Waals surface area contributed by atoms with E-state index in [4.69, 9.17) is 0 Å². The average molecular weight is 304 g/mol. The summed E-state index contributed by atoms with van der Waals surface area (Å²) in [7, 11) is 0. The van der Waals surface area contributed by atoms with Gasteiger partial charge in [-0.1, -0.05) is 62.4 Å². The van der Waals surface area contributed by atoms with Crippen LogP contribution in [0.25, 0.3) is 0 Å². The summed E-state index contributed by atoms with van der Waals surface area (Å²) in [6.45, 7) is 10.8. The highest BCUT2D eigenvalue weighted by Gasteiger charge is 2.32. The Morgan fingerprint density at radius 1 is 1.18 bits per heavy atom. The predicted octanol–water partition coefficient (Wildman–Crippen LogP) is 4.70. The molecule has 1 saturated carbocycles. The van der Waals surface area contributed by atoms with Crippen LogP contribution in [0, 0.1) is 11.3 Å². The largest absolute Gasteiger partial charge is 0.303 e. The van der Waals surface area contributed by atoms with Gasteiger partial charge in [-0.2, -0.15) is 0 Å². The fourth-order valence-corrected chi connectivity index (χ4v) is 3.72. The van der Waals surface area contributed by atoms with Gasteiger partial charge in [0.1, 0.15) is 0 Å². The van der Waals surface area contributed by atoms with Crippen molar-refractivity contribution in [2.45, 2.75) is 59.3 Å². The summed E-state index contributed by atoms with van der Waals surface area (Å²) in [6, 6.07) is 0. The molecule has 102 valence electrons. The van der Waals surface area contributed by atoms with E-state index in [2.05, 4.69) is 41.6 Å². The fraction of sp³-hybridized carbons (Fsp3) is 1.00. The lowest BCUT2D eigenvalue weighted by atomic mass is 9.75. The minimum atomic E-state index is 0.571. The Balaban J connectivity index is 2.51. The van der Waals surface area contributed by atoms with Crippen molar-refractivity contribution in [3.63, 3.8) is 0 Å². The Labute approximate surface area is 116 Å².